The van der Waals surface area contributed by atoms with Crippen LogP contribution >= 0.6 is 0 Å². The number of nitrogens with one attached hydrogen (secondary N) is 1. The molecule has 0 atom stereocenters. The zero-order valence-electron chi connectivity index (χ0n) is 24.2. The van der Waals surface area contributed by atoms with E-state index in [0.717, 1.165) is 30.0 Å². The van der Waals surface area contributed by atoms with Gasteiger partial charge < -0.3 is 24.4 Å². The molecule has 1 amide bonds. The molecule has 0 unspecified atom stereocenters. The van der Waals surface area contributed by atoms with Crippen molar-refractivity contribution >= 4 is 17.6 Å². The maximum atomic E-state index is 12.8. The highest BCUT2D eigenvalue weighted by molar-refractivity contribution is 5.95. The van der Waals surface area contributed by atoms with Gasteiger partial charge in [-0.3, -0.25) is 4.79 Å². The third kappa shape index (κ3) is 10.4. The summed E-state index contributed by atoms with van der Waals surface area (Å²) >= 11 is 0. The fraction of sp³-hybridized carbons (Fsp3) is 0.394. The van der Waals surface area contributed by atoms with E-state index < -0.39 is 5.97 Å². The number of likely N-dealkylation sites (N-methyl/N-ethyl adjacent to an activating group) is 1. The number of carbonyl (C=O) groups excluding carboxylic acids is 2. The molecule has 40 heavy (non-hydrogen) atoms. The molecule has 0 heterocycles. The molecule has 0 radical (unpaired) electrons. The molecule has 0 saturated heterocycles. The molecular formula is C33H42N2O5. The summed E-state index contributed by atoms with van der Waals surface area (Å²) in [6.45, 7) is 12.0. The van der Waals surface area contributed by atoms with Gasteiger partial charge in [0.05, 0.1) is 17.9 Å². The van der Waals surface area contributed by atoms with Crippen LogP contribution in [0, 0.1) is 5.92 Å². The van der Waals surface area contributed by atoms with Crippen LogP contribution < -0.4 is 14.8 Å². The van der Waals surface area contributed by atoms with Gasteiger partial charge in [0.15, 0.2) is 0 Å². The van der Waals surface area contributed by atoms with E-state index in [1.165, 1.54) is 0 Å². The first-order chi connectivity index (χ1) is 19.4. The van der Waals surface area contributed by atoms with Crippen molar-refractivity contribution in [2.24, 2.45) is 5.92 Å². The Morgan fingerprint density at radius 1 is 0.875 bits per heavy atom. The highest BCUT2D eigenvalue weighted by Gasteiger charge is 2.15. The highest BCUT2D eigenvalue weighted by Crippen LogP contribution is 2.27. The third-order valence-corrected chi connectivity index (χ3v) is 6.41. The van der Waals surface area contributed by atoms with Crippen LogP contribution in [-0.2, 0) is 22.6 Å². The van der Waals surface area contributed by atoms with E-state index in [2.05, 4.69) is 24.1 Å². The number of carbonyl (C=O) groups is 2. The molecule has 0 aromatic heterocycles. The van der Waals surface area contributed by atoms with Crippen LogP contribution in [0.5, 0.6) is 11.5 Å². The number of amides is 1. The molecule has 0 fully saturated rings. The molecule has 3 aromatic carbocycles. The maximum absolute atomic E-state index is 12.8. The first kappa shape index (κ1) is 30.7. The number of hydrogen-bond acceptors (Lipinski definition) is 6. The van der Waals surface area contributed by atoms with Crippen LogP contribution in [0.2, 0.25) is 0 Å². The van der Waals surface area contributed by atoms with Gasteiger partial charge in [-0.2, -0.15) is 0 Å². The normalized spacial score (nSPS) is 10.9. The van der Waals surface area contributed by atoms with E-state index in [1.54, 1.807) is 18.2 Å². The first-order valence-electron chi connectivity index (χ1n) is 14.1. The summed E-state index contributed by atoms with van der Waals surface area (Å²) in [5.41, 5.74) is 3.09. The molecule has 3 rings (SSSR count). The molecular weight excluding hydrogens is 504 g/mol. The SMILES string of the molecule is CCN(CC)CCOC(=O)c1ccc(NC(=O)CCc2ccc(OCc3ccccc3)cc2)c(OCC(C)C)c1. The Morgan fingerprint density at radius 2 is 1.60 bits per heavy atom. The average molecular weight is 547 g/mol. The van der Waals surface area contributed by atoms with Crippen molar-refractivity contribution in [2.45, 2.75) is 47.1 Å². The number of rotatable bonds is 16. The van der Waals surface area contributed by atoms with Crippen LogP contribution in [0.15, 0.2) is 72.8 Å². The van der Waals surface area contributed by atoms with Gasteiger partial charge >= 0.3 is 5.97 Å². The Kier molecular flexibility index (Phi) is 12.5. The van der Waals surface area contributed by atoms with Gasteiger partial charge in [0.1, 0.15) is 24.7 Å². The molecule has 214 valence electrons. The summed E-state index contributed by atoms with van der Waals surface area (Å²) in [4.78, 5) is 27.6. The minimum absolute atomic E-state index is 0.131. The lowest BCUT2D eigenvalue weighted by Gasteiger charge is -2.18. The molecule has 0 bridgehead atoms. The topological polar surface area (TPSA) is 77.1 Å². The molecule has 1 N–H and O–H groups in total. The lowest BCUT2D eigenvalue weighted by Crippen LogP contribution is -2.27. The van der Waals surface area contributed by atoms with Crippen molar-refractivity contribution in [1.82, 2.24) is 4.90 Å². The number of nitrogens with zero attached hydrogens (tertiary/aromatic N) is 1. The van der Waals surface area contributed by atoms with Crippen molar-refractivity contribution in [3.8, 4) is 11.5 Å². The Hall–Kier alpha value is -3.84. The van der Waals surface area contributed by atoms with Gasteiger partial charge in [0.25, 0.3) is 0 Å². The second-order valence-electron chi connectivity index (χ2n) is 10.0. The Morgan fingerprint density at radius 3 is 2.27 bits per heavy atom. The molecule has 7 heteroatoms. The third-order valence-electron chi connectivity index (χ3n) is 6.41. The number of benzene rings is 3. The van der Waals surface area contributed by atoms with E-state index >= 15 is 0 Å². The lowest BCUT2D eigenvalue weighted by atomic mass is 10.1. The molecule has 0 aliphatic rings. The zero-order valence-corrected chi connectivity index (χ0v) is 24.2. The number of esters is 1. The Labute approximate surface area is 238 Å². The summed E-state index contributed by atoms with van der Waals surface area (Å²) in [6, 6.07) is 22.8. The van der Waals surface area contributed by atoms with Crippen LogP contribution in [0.3, 0.4) is 0 Å². The smallest absolute Gasteiger partial charge is 0.338 e. The number of ether oxygens (including phenoxy) is 3. The van der Waals surface area contributed by atoms with Crippen LogP contribution in [0.25, 0.3) is 0 Å². The predicted molar refractivity (Wildman–Crippen MR) is 159 cm³/mol. The van der Waals surface area contributed by atoms with Crippen molar-refractivity contribution in [3.05, 3.63) is 89.5 Å². The van der Waals surface area contributed by atoms with Crippen molar-refractivity contribution in [1.29, 1.82) is 0 Å². The van der Waals surface area contributed by atoms with Crippen molar-refractivity contribution < 1.29 is 23.8 Å². The molecule has 0 aliphatic carbocycles. The maximum Gasteiger partial charge on any atom is 0.338 e. The summed E-state index contributed by atoms with van der Waals surface area (Å²) in [5.74, 6) is 0.993. The van der Waals surface area contributed by atoms with E-state index in [-0.39, 0.29) is 11.8 Å². The molecule has 0 aliphatic heterocycles. The van der Waals surface area contributed by atoms with Gasteiger partial charge in [-0.05, 0) is 66.9 Å². The van der Waals surface area contributed by atoms with E-state index in [0.29, 0.717) is 56.2 Å². The van der Waals surface area contributed by atoms with Gasteiger partial charge in [-0.15, -0.1) is 0 Å². The van der Waals surface area contributed by atoms with E-state index in [1.807, 2.05) is 68.4 Å². The Bertz CT molecular complexity index is 1190. The summed E-state index contributed by atoms with van der Waals surface area (Å²) < 4.78 is 17.3. The molecule has 0 spiro atoms. The second kappa shape index (κ2) is 16.3. The molecule has 7 nitrogen and oxygen atoms in total. The van der Waals surface area contributed by atoms with Crippen molar-refractivity contribution in [2.75, 3.05) is 38.2 Å². The summed E-state index contributed by atoms with van der Waals surface area (Å²) in [7, 11) is 0. The van der Waals surface area contributed by atoms with E-state index in [4.69, 9.17) is 14.2 Å². The minimum atomic E-state index is -0.407. The predicted octanol–water partition coefficient (Wildman–Crippen LogP) is 6.37. The monoisotopic (exact) mass is 546 g/mol. The standard InChI is InChI=1S/C33H42N2O5/c1-5-35(6-2)20-21-38-33(37)28-15-18-30(31(22-28)40-23-25(3)4)34-32(36)19-14-26-12-16-29(17-13-26)39-24-27-10-8-7-9-11-27/h7-13,15-18,22,25H,5-6,14,19-21,23-24H2,1-4H3,(H,34,36). The fourth-order valence-electron chi connectivity index (χ4n) is 3.98. The first-order valence-corrected chi connectivity index (χ1v) is 14.1. The summed E-state index contributed by atoms with van der Waals surface area (Å²) in [6.07, 6.45) is 0.896. The number of aryl methyl sites for hydroxylation is 1. The van der Waals surface area contributed by atoms with Crippen LogP contribution in [0.4, 0.5) is 5.69 Å². The minimum Gasteiger partial charge on any atom is -0.491 e. The fourth-order valence-corrected chi connectivity index (χ4v) is 3.98. The van der Waals surface area contributed by atoms with Gasteiger partial charge in [0, 0.05) is 13.0 Å². The van der Waals surface area contributed by atoms with E-state index in [9.17, 15) is 9.59 Å². The van der Waals surface area contributed by atoms with Crippen LogP contribution in [0.1, 0.15) is 55.6 Å². The Balaban J connectivity index is 1.54. The molecule has 3 aromatic rings. The zero-order chi connectivity index (χ0) is 28.7. The number of anilines is 1. The summed E-state index contributed by atoms with van der Waals surface area (Å²) in [5, 5.41) is 2.95. The largest absolute Gasteiger partial charge is 0.491 e. The van der Waals surface area contributed by atoms with Gasteiger partial charge in [0.2, 0.25) is 5.91 Å². The second-order valence-corrected chi connectivity index (χ2v) is 10.0. The lowest BCUT2D eigenvalue weighted by molar-refractivity contribution is -0.116. The highest BCUT2D eigenvalue weighted by atomic mass is 16.5. The van der Waals surface area contributed by atoms with Crippen molar-refractivity contribution in [3.63, 3.8) is 0 Å². The van der Waals surface area contributed by atoms with Crippen LogP contribution in [-0.4, -0.2) is 49.6 Å². The number of hydrogen-bond donors (Lipinski definition) is 1. The molecule has 0 saturated carbocycles. The quantitative estimate of drug-likeness (QED) is 0.210. The average Bonchev–Trinajstić information content (AvgIpc) is 2.97. The van der Waals surface area contributed by atoms with Gasteiger partial charge in [-0.1, -0.05) is 70.2 Å². The van der Waals surface area contributed by atoms with Gasteiger partial charge in [-0.25, -0.2) is 4.79 Å².